The van der Waals surface area contributed by atoms with Crippen molar-refractivity contribution < 1.29 is 19.1 Å². The number of rotatable bonds is 5. The Hall–Kier alpha value is -3.02. The number of ether oxygens (including phenoxy) is 2. The maximum atomic E-state index is 13.2. The lowest BCUT2D eigenvalue weighted by Crippen LogP contribution is -2.50. The van der Waals surface area contributed by atoms with Crippen molar-refractivity contribution in [2.45, 2.75) is 32.4 Å². The third-order valence-electron chi connectivity index (χ3n) is 5.06. The number of carbonyl (C=O) groups excluding carboxylic acids is 2. The highest BCUT2D eigenvalue weighted by Gasteiger charge is 2.35. The lowest BCUT2D eigenvalue weighted by Gasteiger charge is -2.39. The number of carbonyl (C=O) groups is 2. The number of hydrogen-bond donors (Lipinski definition) is 1. The van der Waals surface area contributed by atoms with Gasteiger partial charge in [-0.2, -0.15) is 0 Å². The van der Waals surface area contributed by atoms with E-state index in [9.17, 15) is 9.59 Å². The fraction of sp³-hybridized carbons (Fsp3) is 0.364. The molecule has 2 unspecified atom stereocenters. The summed E-state index contributed by atoms with van der Waals surface area (Å²) < 4.78 is 10.9. The van der Waals surface area contributed by atoms with Gasteiger partial charge in [-0.05, 0) is 42.2 Å². The van der Waals surface area contributed by atoms with Crippen LogP contribution in [0.5, 0.6) is 11.5 Å². The van der Waals surface area contributed by atoms with Gasteiger partial charge in [0.25, 0.3) is 0 Å². The number of nitrogens with zero attached hydrogens (tertiary/aromatic N) is 1. The van der Waals surface area contributed by atoms with Crippen LogP contribution in [-0.4, -0.2) is 43.5 Å². The summed E-state index contributed by atoms with van der Waals surface area (Å²) in [5, 5.41) is 2.70. The Kier molecular flexibility index (Phi) is 5.87. The summed E-state index contributed by atoms with van der Waals surface area (Å²) in [6.45, 7) is 3.70. The van der Waals surface area contributed by atoms with Crippen LogP contribution in [-0.2, 0) is 16.0 Å². The molecule has 148 valence electrons. The quantitative estimate of drug-likeness (QED) is 0.863. The average molecular weight is 382 g/mol. The molecule has 6 heteroatoms. The van der Waals surface area contributed by atoms with Crippen LogP contribution in [0.15, 0.2) is 42.5 Å². The number of hydrogen-bond acceptors (Lipinski definition) is 4. The van der Waals surface area contributed by atoms with Gasteiger partial charge in [0.05, 0.1) is 20.3 Å². The zero-order valence-corrected chi connectivity index (χ0v) is 16.7. The number of benzene rings is 2. The average Bonchev–Trinajstić information content (AvgIpc) is 2.71. The first-order valence-electron chi connectivity index (χ1n) is 9.33. The summed E-state index contributed by atoms with van der Waals surface area (Å²) >= 11 is 0. The Morgan fingerprint density at radius 1 is 1.11 bits per heavy atom. The Bertz CT molecular complexity index is 866. The lowest BCUT2D eigenvalue weighted by atomic mass is 9.87. The van der Waals surface area contributed by atoms with Crippen molar-refractivity contribution in [3.63, 3.8) is 0 Å². The van der Waals surface area contributed by atoms with Crippen LogP contribution < -0.4 is 14.8 Å². The van der Waals surface area contributed by atoms with E-state index in [-0.39, 0.29) is 17.9 Å². The zero-order chi connectivity index (χ0) is 20.3. The molecule has 0 aliphatic carbocycles. The fourth-order valence-corrected chi connectivity index (χ4v) is 3.79. The molecule has 1 N–H and O–H groups in total. The molecule has 3 rings (SSSR count). The third kappa shape index (κ3) is 3.81. The van der Waals surface area contributed by atoms with E-state index in [1.807, 2.05) is 47.4 Å². The van der Waals surface area contributed by atoms with Crippen LogP contribution in [0, 0.1) is 0 Å². The molecule has 0 spiro atoms. The molecule has 0 aromatic heterocycles. The molecule has 28 heavy (non-hydrogen) atoms. The standard InChI is InChI=1S/C22H26N2O4/c1-14(23-15(2)25)22(26)24-11-10-17-12-19(27-3)20(28-4)13-18(17)21(24)16-8-6-5-7-9-16/h5-9,12-14,21H,10-11H2,1-4H3,(H,23,25). The van der Waals surface area contributed by atoms with Crippen molar-refractivity contribution >= 4 is 11.8 Å². The van der Waals surface area contributed by atoms with Crippen molar-refractivity contribution in [1.29, 1.82) is 0 Å². The zero-order valence-electron chi connectivity index (χ0n) is 16.7. The first kappa shape index (κ1) is 19.7. The first-order valence-corrected chi connectivity index (χ1v) is 9.33. The molecule has 2 atom stereocenters. The van der Waals surface area contributed by atoms with E-state index < -0.39 is 6.04 Å². The van der Waals surface area contributed by atoms with E-state index in [0.29, 0.717) is 24.5 Å². The Labute approximate surface area is 165 Å². The minimum Gasteiger partial charge on any atom is -0.493 e. The summed E-state index contributed by atoms with van der Waals surface area (Å²) in [4.78, 5) is 26.4. The second kappa shape index (κ2) is 8.33. The number of methoxy groups -OCH3 is 2. The van der Waals surface area contributed by atoms with Crippen molar-refractivity contribution in [2.24, 2.45) is 0 Å². The van der Waals surface area contributed by atoms with Gasteiger partial charge in [-0.3, -0.25) is 9.59 Å². The Morgan fingerprint density at radius 3 is 2.36 bits per heavy atom. The fourth-order valence-electron chi connectivity index (χ4n) is 3.79. The van der Waals surface area contributed by atoms with Gasteiger partial charge in [0, 0.05) is 13.5 Å². The smallest absolute Gasteiger partial charge is 0.245 e. The maximum Gasteiger partial charge on any atom is 0.245 e. The monoisotopic (exact) mass is 382 g/mol. The van der Waals surface area contributed by atoms with E-state index in [0.717, 1.165) is 16.7 Å². The number of fused-ring (bicyclic) bond motifs is 1. The van der Waals surface area contributed by atoms with Crippen LogP contribution >= 0.6 is 0 Å². The van der Waals surface area contributed by atoms with Gasteiger partial charge < -0.3 is 19.7 Å². The van der Waals surface area contributed by atoms with Gasteiger partial charge in [0.15, 0.2) is 11.5 Å². The molecule has 2 aromatic rings. The summed E-state index contributed by atoms with van der Waals surface area (Å²) in [5.74, 6) is 0.983. The van der Waals surface area contributed by atoms with E-state index in [1.165, 1.54) is 6.92 Å². The molecule has 0 radical (unpaired) electrons. The second-order valence-corrected chi connectivity index (χ2v) is 6.92. The van der Waals surface area contributed by atoms with Crippen molar-refractivity contribution in [3.05, 3.63) is 59.2 Å². The van der Waals surface area contributed by atoms with E-state index >= 15 is 0 Å². The van der Waals surface area contributed by atoms with Crippen LogP contribution in [0.1, 0.15) is 36.6 Å². The van der Waals surface area contributed by atoms with Gasteiger partial charge in [0.2, 0.25) is 11.8 Å². The van der Waals surface area contributed by atoms with Crippen LogP contribution in [0.2, 0.25) is 0 Å². The normalized spacial score (nSPS) is 16.7. The maximum absolute atomic E-state index is 13.2. The summed E-state index contributed by atoms with van der Waals surface area (Å²) in [6, 6.07) is 13.0. The molecule has 6 nitrogen and oxygen atoms in total. The SMILES string of the molecule is COc1cc2c(cc1OC)C(c1ccccc1)N(C(=O)C(C)NC(C)=O)CC2. The molecule has 0 saturated carbocycles. The number of amides is 2. The van der Waals surface area contributed by atoms with Crippen LogP contribution in [0.25, 0.3) is 0 Å². The molecule has 0 fully saturated rings. The van der Waals surface area contributed by atoms with E-state index in [1.54, 1.807) is 21.1 Å². The molecule has 2 aromatic carbocycles. The van der Waals surface area contributed by atoms with Crippen molar-refractivity contribution in [2.75, 3.05) is 20.8 Å². The highest BCUT2D eigenvalue weighted by molar-refractivity contribution is 5.87. The molecule has 2 amide bonds. The number of nitrogens with one attached hydrogen (secondary N) is 1. The largest absolute Gasteiger partial charge is 0.493 e. The molecular weight excluding hydrogens is 356 g/mol. The Balaban J connectivity index is 2.08. The highest BCUT2D eigenvalue weighted by atomic mass is 16.5. The van der Waals surface area contributed by atoms with Gasteiger partial charge in [0.1, 0.15) is 6.04 Å². The van der Waals surface area contributed by atoms with Crippen LogP contribution in [0.3, 0.4) is 0 Å². The molecule has 0 bridgehead atoms. The Morgan fingerprint density at radius 2 is 1.75 bits per heavy atom. The predicted octanol–water partition coefficient (Wildman–Crippen LogP) is 2.70. The third-order valence-corrected chi connectivity index (χ3v) is 5.06. The summed E-state index contributed by atoms with van der Waals surface area (Å²) in [5.41, 5.74) is 3.15. The highest BCUT2D eigenvalue weighted by Crippen LogP contribution is 2.41. The molecule has 1 aliphatic heterocycles. The van der Waals surface area contributed by atoms with E-state index in [4.69, 9.17) is 9.47 Å². The van der Waals surface area contributed by atoms with Gasteiger partial charge >= 0.3 is 0 Å². The van der Waals surface area contributed by atoms with Gasteiger partial charge in [-0.25, -0.2) is 0 Å². The molecule has 1 aliphatic rings. The van der Waals surface area contributed by atoms with E-state index in [2.05, 4.69) is 5.32 Å². The first-order chi connectivity index (χ1) is 13.5. The van der Waals surface area contributed by atoms with Gasteiger partial charge in [-0.1, -0.05) is 30.3 Å². The molecule has 1 heterocycles. The predicted molar refractivity (Wildman–Crippen MR) is 107 cm³/mol. The second-order valence-electron chi connectivity index (χ2n) is 6.92. The summed E-state index contributed by atoms with van der Waals surface area (Å²) in [6.07, 6.45) is 0.706. The minimum absolute atomic E-state index is 0.107. The minimum atomic E-state index is -0.592. The van der Waals surface area contributed by atoms with Crippen molar-refractivity contribution in [3.8, 4) is 11.5 Å². The van der Waals surface area contributed by atoms with Crippen LogP contribution in [0.4, 0.5) is 0 Å². The van der Waals surface area contributed by atoms with Gasteiger partial charge in [-0.15, -0.1) is 0 Å². The molecule has 0 saturated heterocycles. The summed E-state index contributed by atoms with van der Waals surface area (Å²) in [7, 11) is 3.22. The topological polar surface area (TPSA) is 67.9 Å². The van der Waals surface area contributed by atoms with Crippen molar-refractivity contribution in [1.82, 2.24) is 10.2 Å². The lowest BCUT2D eigenvalue weighted by molar-refractivity contribution is -0.137. The molecular formula is C22H26N2O4.